The number of carbonyl (C=O) groups excluding carboxylic acids is 1. The van der Waals surface area contributed by atoms with Crippen molar-refractivity contribution < 1.29 is 4.79 Å². The summed E-state index contributed by atoms with van der Waals surface area (Å²) in [4.78, 5) is 11.0. The van der Waals surface area contributed by atoms with Crippen molar-refractivity contribution in [2.75, 3.05) is 5.73 Å². The van der Waals surface area contributed by atoms with Gasteiger partial charge in [-0.05, 0) is 6.42 Å². The molecule has 2 aromatic heterocycles. The first-order valence-corrected chi connectivity index (χ1v) is 5.20. The number of rotatable bonds is 3. The number of hydrogen-bond acceptors (Lipinski definition) is 4. The van der Waals surface area contributed by atoms with E-state index in [1.54, 1.807) is 11.7 Å². The van der Waals surface area contributed by atoms with Crippen LogP contribution in [0.15, 0.2) is 12.4 Å². The van der Waals surface area contributed by atoms with Crippen LogP contribution in [0.2, 0.25) is 0 Å². The largest absolute Gasteiger partial charge is 0.394 e. The molecule has 0 fully saturated rings. The number of primary amides is 1. The Hall–Kier alpha value is -2.31. The Kier molecular flexibility index (Phi) is 2.58. The Morgan fingerprint density at radius 1 is 1.53 bits per heavy atom. The van der Waals surface area contributed by atoms with E-state index in [4.69, 9.17) is 11.5 Å². The fraction of sp³-hybridized carbons (Fsp3) is 0.300. The topological polar surface area (TPSA) is 105 Å². The minimum absolute atomic E-state index is 0.337. The molecule has 0 aromatic carbocycles. The van der Waals surface area contributed by atoms with E-state index >= 15 is 0 Å². The number of nitrogens with zero attached hydrogens (tertiary/aromatic N) is 4. The van der Waals surface area contributed by atoms with Crippen LogP contribution in [-0.4, -0.2) is 25.5 Å². The lowest BCUT2D eigenvalue weighted by atomic mass is 10.3. The Labute approximate surface area is 98.0 Å². The lowest BCUT2D eigenvalue weighted by molar-refractivity contribution is 0.100. The molecule has 1 amide bonds. The molecule has 90 valence electrons. The SMILES string of the molecule is CCc1nn(C)c(-n2cc(C(N)=O)cn2)c1N. The molecule has 0 unspecified atom stereocenters. The van der Waals surface area contributed by atoms with Gasteiger partial charge in [0.15, 0.2) is 5.82 Å². The van der Waals surface area contributed by atoms with Crippen molar-refractivity contribution in [3.63, 3.8) is 0 Å². The van der Waals surface area contributed by atoms with Gasteiger partial charge >= 0.3 is 0 Å². The van der Waals surface area contributed by atoms with Crippen molar-refractivity contribution in [3.8, 4) is 5.82 Å². The molecule has 0 aliphatic heterocycles. The lowest BCUT2D eigenvalue weighted by Crippen LogP contribution is -2.10. The maximum atomic E-state index is 11.0. The van der Waals surface area contributed by atoms with Gasteiger partial charge in [0.25, 0.3) is 5.91 Å². The monoisotopic (exact) mass is 234 g/mol. The summed E-state index contributed by atoms with van der Waals surface area (Å²) in [6.45, 7) is 1.97. The number of amides is 1. The first-order chi connectivity index (χ1) is 8.04. The molecule has 0 saturated heterocycles. The first-order valence-electron chi connectivity index (χ1n) is 5.20. The van der Waals surface area contributed by atoms with Gasteiger partial charge in [-0.2, -0.15) is 10.2 Å². The molecule has 0 atom stereocenters. The van der Waals surface area contributed by atoms with Gasteiger partial charge < -0.3 is 11.5 Å². The smallest absolute Gasteiger partial charge is 0.251 e. The third-order valence-electron chi connectivity index (χ3n) is 2.55. The summed E-state index contributed by atoms with van der Waals surface area (Å²) in [7, 11) is 1.77. The fourth-order valence-corrected chi connectivity index (χ4v) is 1.68. The van der Waals surface area contributed by atoms with Gasteiger partial charge in [-0.3, -0.25) is 4.79 Å². The molecular weight excluding hydrogens is 220 g/mol. The molecule has 0 aliphatic rings. The quantitative estimate of drug-likeness (QED) is 0.770. The standard InChI is InChI=1S/C10H14N6O/c1-3-7-8(11)10(15(2)14-7)16-5-6(4-13-16)9(12)17/h4-5H,3,11H2,1-2H3,(H2,12,17). The molecule has 7 heteroatoms. The molecule has 2 rings (SSSR count). The maximum absolute atomic E-state index is 11.0. The van der Waals surface area contributed by atoms with Crippen molar-refractivity contribution in [2.24, 2.45) is 12.8 Å². The third kappa shape index (κ3) is 1.75. The highest BCUT2D eigenvalue weighted by Crippen LogP contribution is 2.20. The highest BCUT2D eigenvalue weighted by Gasteiger charge is 2.15. The lowest BCUT2D eigenvalue weighted by Gasteiger charge is -2.02. The van der Waals surface area contributed by atoms with Crippen molar-refractivity contribution >= 4 is 11.6 Å². The van der Waals surface area contributed by atoms with Crippen LogP contribution in [0.25, 0.3) is 5.82 Å². The predicted molar refractivity (Wildman–Crippen MR) is 62.6 cm³/mol. The fourth-order valence-electron chi connectivity index (χ4n) is 1.68. The first kappa shape index (κ1) is 11.2. The van der Waals surface area contributed by atoms with Crippen LogP contribution in [0.5, 0.6) is 0 Å². The van der Waals surface area contributed by atoms with Crippen molar-refractivity contribution in [1.82, 2.24) is 19.6 Å². The Bertz CT molecular complexity index is 567. The van der Waals surface area contributed by atoms with Gasteiger partial charge in [-0.15, -0.1) is 0 Å². The average Bonchev–Trinajstić information content (AvgIpc) is 2.83. The number of hydrogen-bond donors (Lipinski definition) is 2. The summed E-state index contributed by atoms with van der Waals surface area (Å²) >= 11 is 0. The second-order valence-electron chi connectivity index (χ2n) is 3.70. The molecule has 4 N–H and O–H groups in total. The Morgan fingerprint density at radius 3 is 2.71 bits per heavy atom. The van der Waals surface area contributed by atoms with Gasteiger partial charge in [0.05, 0.1) is 17.5 Å². The van der Waals surface area contributed by atoms with E-state index in [0.29, 0.717) is 17.1 Å². The van der Waals surface area contributed by atoms with E-state index in [2.05, 4.69) is 10.2 Å². The Morgan fingerprint density at radius 2 is 2.24 bits per heavy atom. The summed E-state index contributed by atoms with van der Waals surface area (Å²) in [6, 6.07) is 0. The molecule has 2 heterocycles. The van der Waals surface area contributed by atoms with E-state index in [1.807, 2.05) is 6.92 Å². The second-order valence-corrected chi connectivity index (χ2v) is 3.70. The summed E-state index contributed by atoms with van der Waals surface area (Å²) in [6.07, 6.45) is 3.68. The van der Waals surface area contributed by atoms with E-state index in [-0.39, 0.29) is 0 Å². The normalized spacial score (nSPS) is 10.7. The summed E-state index contributed by atoms with van der Waals surface area (Å²) in [5.41, 5.74) is 12.8. The van der Waals surface area contributed by atoms with Crippen molar-refractivity contribution in [3.05, 3.63) is 23.7 Å². The number of anilines is 1. The number of nitrogens with two attached hydrogens (primary N) is 2. The Balaban J connectivity index is 2.52. The summed E-state index contributed by atoms with van der Waals surface area (Å²) in [5.74, 6) is 0.113. The van der Waals surface area contributed by atoms with E-state index in [0.717, 1.165) is 12.1 Å². The van der Waals surface area contributed by atoms with E-state index in [1.165, 1.54) is 17.1 Å². The zero-order valence-electron chi connectivity index (χ0n) is 9.71. The molecular formula is C10H14N6O. The van der Waals surface area contributed by atoms with Crippen LogP contribution in [0.3, 0.4) is 0 Å². The van der Waals surface area contributed by atoms with Gasteiger partial charge in [-0.1, -0.05) is 6.92 Å². The number of carbonyl (C=O) groups is 1. The second kappa shape index (κ2) is 3.93. The molecule has 0 bridgehead atoms. The molecule has 0 saturated carbocycles. The van der Waals surface area contributed by atoms with Gasteiger partial charge in [0, 0.05) is 13.2 Å². The van der Waals surface area contributed by atoms with Crippen LogP contribution >= 0.6 is 0 Å². The van der Waals surface area contributed by atoms with Crippen molar-refractivity contribution in [2.45, 2.75) is 13.3 Å². The van der Waals surface area contributed by atoms with E-state index in [9.17, 15) is 4.79 Å². The van der Waals surface area contributed by atoms with Crippen LogP contribution in [0.1, 0.15) is 23.0 Å². The minimum atomic E-state index is -0.521. The van der Waals surface area contributed by atoms with Crippen LogP contribution in [-0.2, 0) is 13.5 Å². The van der Waals surface area contributed by atoms with Crippen LogP contribution in [0.4, 0.5) is 5.69 Å². The predicted octanol–water partition coefficient (Wildman–Crippen LogP) is -0.151. The molecule has 17 heavy (non-hydrogen) atoms. The molecule has 0 aliphatic carbocycles. The zero-order chi connectivity index (χ0) is 12.6. The number of aromatic nitrogens is 4. The number of nitrogen functional groups attached to an aromatic ring is 1. The third-order valence-corrected chi connectivity index (χ3v) is 2.55. The molecule has 0 spiro atoms. The number of aryl methyl sites for hydroxylation is 2. The average molecular weight is 234 g/mol. The van der Waals surface area contributed by atoms with Gasteiger partial charge in [0.2, 0.25) is 0 Å². The van der Waals surface area contributed by atoms with Crippen LogP contribution in [0, 0.1) is 0 Å². The maximum Gasteiger partial charge on any atom is 0.251 e. The zero-order valence-corrected chi connectivity index (χ0v) is 9.71. The molecule has 2 aromatic rings. The van der Waals surface area contributed by atoms with Crippen molar-refractivity contribution in [1.29, 1.82) is 0 Å². The summed E-state index contributed by atoms with van der Waals surface area (Å²) < 4.78 is 3.13. The summed E-state index contributed by atoms with van der Waals surface area (Å²) in [5, 5.41) is 8.33. The van der Waals surface area contributed by atoms with Gasteiger partial charge in [0.1, 0.15) is 5.69 Å². The molecule has 0 radical (unpaired) electrons. The molecule has 7 nitrogen and oxygen atoms in total. The minimum Gasteiger partial charge on any atom is -0.394 e. The highest BCUT2D eigenvalue weighted by molar-refractivity contribution is 5.92. The van der Waals surface area contributed by atoms with E-state index < -0.39 is 5.91 Å². The van der Waals surface area contributed by atoms with Crippen LogP contribution < -0.4 is 11.5 Å². The van der Waals surface area contributed by atoms with Gasteiger partial charge in [-0.25, -0.2) is 9.36 Å². The highest BCUT2D eigenvalue weighted by atomic mass is 16.1.